The third-order valence-electron chi connectivity index (χ3n) is 2.58. The van der Waals surface area contributed by atoms with Crippen LogP contribution in [0.5, 0.6) is 0 Å². The molecule has 0 unspecified atom stereocenters. The number of benzene rings is 1. The summed E-state index contributed by atoms with van der Waals surface area (Å²) in [5, 5.41) is 0.0704. The van der Waals surface area contributed by atoms with Crippen molar-refractivity contribution in [3.63, 3.8) is 0 Å². The first-order valence-electron chi connectivity index (χ1n) is 5.28. The van der Waals surface area contributed by atoms with Gasteiger partial charge in [0.25, 0.3) is 0 Å². The number of hydrogen-bond acceptors (Lipinski definition) is 2. The third-order valence-corrected chi connectivity index (χ3v) is 2.87. The van der Waals surface area contributed by atoms with Crippen molar-refractivity contribution in [1.29, 1.82) is 0 Å². The molecule has 0 saturated carbocycles. The zero-order valence-electron chi connectivity index (χ0n) is 9.61. The van der Waals surface area contributed by atoms with Gasteiger partial charge in [0.2, 0.25) is 0 Å². The largest absolute Gasteiger partial charge is 0.383 e. The van der Waals surface area contributed by atoms with E-state index in [9.17, 15) is 4.39 Å². The predicted molar refractivity (Wildman–Crippen MR) is 67.4 cm³/mol. The fourth-order valence-corrected chi connectivity index (χ4v) is 1.83. The number of anilines is 1. The number of hydrogen-bond donors (Lipinski definition) is 1. The van der Waals surface area contributed by atoms with Gasteiger partial charge < -0.3 is 10.3 Å². The molecule has 90 valence electrons. The highest BCUT2D eigenvalue weighted by molar-refractivity contribution is 6.31. The molecule has 0 amide bonds. The van der Waals surface area contributed by atoms with Crippen LogP contribution in [0.4, 0.5) is 10.2 Å². The van der Waals surface area contributed by atoms with Gasteiger partial charge in [-0.2, -0.15) is 0 Å². The molecule has 2 rings (SSSR count). The molecule has 2 aromatic rings. The first kappa shape index (κ1) is 11.9. The molecule has 17 heavy (non-hydrogen) atoms. The van der Waals surface area contributed by atoms with Crippen LogP contribution in [-0.4, -0.2) is 9.55 Å². The van der Waals surface area contributed by atoms with Crippen LogP contribution in [0.15, 0.2) is 24.5 Å². The molecule has 0 atom stereocenters. The van der Waals surface area contributed by atoms with Crippen molar-refractivity contribution in [1.82, 2.24) is 9.55 Å². The Labute approximate surface area is 104 Å². The first-order chi connectivity index (χ1) is 8.00. The fraction of sp³-hybridized carbons (Fsp3) is 0.250. The maximum atomic E-state index is 13.1. The van der Waals surface area contributed by atoms with Gasteiger partial charge in [-0.15, -0.1) is 0 Å². The van der Waals surface area contributed by atoms with Crippen LogP contribution in [0.1, 0.15) is 19.9 Å². The van der Waals surface area contributed by atoms with Crippen molar-refractivity contribution in [2.75, 3.05) is 5.73 Å². The molecule has 0 aliphatic heterocycles. The molecular weight excluding hydrogens is 241 g/mol. The normalized spacial score (nSPS) is 11.1. The van der Waals surface area contributed by atoms with Crippen LogP contribution in [0.2, 0.25) is 5.02 Å². The van der Waals surface area contributed by atoms with Gasteiger partial charge in [-0.1, -0.05) is 11.6 Å². The summed E-state index contributed by atoms with van der Waals surface area (Å²) in [6.45, 7) is 4.03. The van der Waals surface area contributed by atoms with E-state index < -0.39 is 5.82 Å². The molecule has 0 aliphatic rings. The van der Waals surface area contributed by atoms with E-state index in [1.54, 1.807) is 12.4 Å². The van der Waals surface area contributed by atoms with Crippen molar-refractivity contribution in [3.8, 4) is 11.3 Å². The lowest BCUT2D eigenvalue weighted by atomic mass is 10.1. The minimum atomic E-state index is -0.447. The Morgan fingerprint density at radius 1 is 1.41 bits per heavy atom. The minimum Gasteiger partial charge on any atom is -0.383 e. The maximum absolute atomic E-state index is 13.1. The van der Waals surface area contributed by atoms with E-state index in [4.69, 9.17) is 17.3 Å². The summed E-state index contributed by atoms with van der Waals surface area (Å²) >= 11 is 5.74. The molecule has 0 fully saturated rings. The number of nitrogens with zero attached hydrogens (tertiary/aromatic N) is 2. The molecule has 0 spiro atoms. The van der Waals surface area contributed by atoms with Crippen LogP contribution in [0, 0.1) is 5.82 Å². The second-order valence-corrected chi connectivity index (χ2v) is 4.52. The van der Waals surface area contributed by atoms with Gasteiger partial charge in [-0.25, -0.2) is 9.37 Å². The second-order valence-electron chi connectivity index (χ2n) is 4.11. The average Bonchev–Trinajstić information content (AvgIpc) is 2.64. The van der Waals surface area contributed by atoms with Crippen LogP contribution in [0.25, 0.3) is 11.3 Å². The van der Waals surface area contributed by atoms with E-state index in [0.717, 1.165) is 0 Å². The number of halogens is 2. The smallest absolute Gasteiger partial charge is 0.141 e. The first-order valence-corrected chi connectivity index (χ1v) is 5.66. The van der Waals surface area contributed by atoms with Gasteiger partial charge in [-0.05, 0) is 32.0 Å². The zero-order chi connectivity index (χ0) is 12.6. The van der Waals surface area contributed by atoms with E-state index in [2.05, 4.69) is 4.98 Å². The predicted octanol–water partition coefficient (Wildman–Crippen LogP) is 3.51. The quantitative estimate of drug-likeness (QED) is 0.890. The van der Waals surface area contributed by atoms with Gasteiger partial charge >= 0.3 is 0 Å². The maximum Gasteiger partial charge on any atom is 0.141 e. The molecule has 3 nitrogen and oxygen atoms in total. The van der Waals surface area contributed by atoms with Crippen LogP contribution >= 0.6 is 11.6 Å². The second kappa shape index (κ2) is 4.37. The van der Waals surface area contributed by atoms with Gasteiger partial charge in [0, 0.05) is 11.6 Å². The lowest BCUT2D eigenvalue weighted by Gasteiger charge is -2.09. The molecule has 2 N–H and O–H groups in total. The molecule has 0 radical (unpaired) electrons. The molecular formula is C12H13ClFN3. The molecule has 0 aliphatic carbocycles. The Morgan fingerprint density at radius 2 is 2.12 bits per heavy atom. The van der Waals surface area contributed by atoms with E-state index in [1.807, 2.05) is 18.4 Å². The van der Waals surface area contributed by atoms with Crippen molar-refractivity contribution < 1.29 is 4.39 Å². The molecule has 0 saturated heterocycles. The zero-order valence-corrected chi connectivity index (χ0v) is 10.4. The highest BCUT2D eigenvalue weighted by Crippen LogP contribution is 2.29. The van der Waals surface area contributed by atoms with Crippen molar-refractivity contribution >= 4 is 17.4 Å². The average molecular weight is 254 g/mol. The molecule has 0 bridgehead atoms. The van der Waals surface area contributed by atoms with Gasteiger partial charge in [0.15, 0.2) is 0 Å². The number of imidazole rings is 1. The standard InChI is InChI=1S/C12H13ClFN3/c1-7(2)17-6-16-11(12(17)15)8-3-4-10(14)9(13)5-8/h3-7H,15H2,1-2H3. The monoisotopic (exact) mass is 253 g/mol. The SMILES string of the molecule is CC(C)n1cnc(-c2ccc(F)c(Cl)c2)c1N. The molecule has 1 aromatic carbocycles. The number of aromatic nitrogens is 2. The third kappa shape index (κ3) is 2.13. The van der Waals surface area contributed by atoms with Crippen LogP contribution < -0.4 is 5.73 Å². The Morgan fingerprint density at radius 3 is 2.65 bits per heavy atom. The Hall–Kier alpha value is -1.55. The van der Waals surface area contributed by atoms with Crippen molar-refractivity contribution in [3.05, 3.63) is 35.4 Å². The van der Waals surface area contributed by atoms with E-state index in [1.165, 1.54) is 12.1 Å². The Bertz CT molecular complexity index is 549. The highest BCUT2D eigenvalue weighted by atomic mass is 35.5. The lowest BCUT2D eigenvalue weighted by Crippen LogP contribution is -2.04. The van der Waals surface area contributed by atoms with Gasteiger partial charge in [0.05, 0.1) is 11.3 Å². The minimum absolute atomic E-state index is 0.0704. The number of nitrogen functional groups attached to an aromatic ring is 1. The topological polar surface area (TPSA) is 43.8 Å². The number of rotatable bonds is 2. The highest BCUT2D eigenvalue weighted by Gasteiger charge is 2.12. The van der Waals surface area contributed by atoms with Crippen LogP contribution in [-0.2, 0) is 0 Å². The Kier molecular flexibility index (Phi) is 3.07. The molecule has 5 heteroatoms. The summed E-state index contributed by atoms with van der Waals surface area (Å²) in [4.78, 5) is 4.23. The Balaban J connectivity index is 2.50. The molecule has 1 aromatic heterocycles. The van der Waals surface area contributed by atoms with Gasteiger partial charge in [0.1, 0.15) is 17.3 Å². The summed E-state index contributed by atoms with van der Waals surface area (Å²) in [5.74, 6) is 0.111. The van der Waals surface area contributed by atoms with Gasteiger partial charge in [-0.3, -0.25) is 0 Å². The fourth-order valence-electron chi connectivity index (χ4n) is 1.65. The van der Waals surface area contributed by atoms with Crippen molar-refractivity contribution in [2.45, 2.75) is 19.9 Å². The van der Waals surface area contributed by atoms with E-state index in [-0.39, 0.29) is 11.1 Å². The van der Waals surface area contributed by atoms with E-state index >= 15 is 0 Å². The van der Waals surface area contributed by atoms with Crippen molar-refractivity contribution in [2.24, 2.45) is 0 Å². The number of nitrogens with two attached hydrogens (primary N) is 1. The summed E-state index contributed by atoms with van der Waals surface area (Å²) in [6.07, 6.45) is 1.67. The summed E-state index contributed by atoms with van der Waals surface area (Å²) in [7, 11) is 0. The molecule has 1 heterocycles. The van der Waals surface area contributed by atoms with Crippen LogP contribution in [0.3, 0.4) is 0 Å². The summed E-state index contributed by atoms with van der Waals surface area (Å²) in [5.41, 5.74) is 7.33. The van der Waals surface area contributed by atoms with E-state index in [0.29, 0.717) is 17.1 Å². The lowest BCUT2D eigenvalue weighted by molar-refractivity contribution is 0.607. The summed E-state index contributed by atoms with van der Waals surface area (Å²) < 4.78 is 14.9. The summed E-state index contributed by atoms with van der Waals surface area (Å²) in [6, 6.07) is 4.68.